The highest BCUT2D eigenvalue weighted by atomic mass is 32.2. The predicted molar refractivity (Wildman–Crippen MR) is 68.8 cm³/mol. The van der Waals surface area contributed by atoms with Crippen LogP contribution in [0.5, 0.6) is 5.75 Å². The molecule has 1 aliphatic heterocycles. The third-order valence-corrected chi connectivity index (χ3v) is 3.87. The van der Waals surface area contributed by atoms with E-state index < -0.39 is 0 Å². The van der Waals surface area contributed by atoms with Gasteiger partial charge in [-0.2, -0.15) is 0 Å². The topological polar surface area (TPSA) is 64.5 Å². The second-order valence-electron chi connectivity index (χ2n) is 4.20. The predicted octanol–water partition coefficient (Wildman–Crippen LogP) is 1.53. The molecule has 0 radical (unpaired) electrons. The fourth-order valence-electron chi connectivity index (χ4n) is 1.65. The molecule has 2 rings (SSSR count). The minimum absolute atomic E-state index is 0.0565. The highest BCUT2D eigenvalue weighted by Gasteiger charge is 2.26. The van der Waals surface area contributed by atoms with Crippen molar-refractivity contribution in [3.05, 3.63) is 11.6 Å². The Morgan fingerprint density at radius 2 is 2.12 bits per heavy atom. The average Bonchev–Trinajstić information content (AvgIpc) is 2.25. The first-order chi connectivity index (χ1) is 7.50. The van der Waals surface area contributed by atoms with Gasteiger partial charge in [0.2, 0.25) is 0 Å². The van der Waals surface area contributed by atoms with Crippen molar-refractivity contribution in [1.29, 1.82) is 0 Å². The van der Waals surface area contributed by atoms with Gasteiger partial charge in [-0.3, -0.25) is 4.90 Å². The molecule has 0 amide bonds. The first-order valence-electron chi connectivity index (χ1n) is 5.15. The van der Waals surface area contributed by atoms with E-state index in [1.807, 2.05) is 32.0 Å². The van der Waals surface area contributed by atoms with Gasteiger partial charge in [0.15, 0.2) is 12.0 Å². The van der Waals surface area contributed by atoms with Crippen molar-refractivity contribution in [1.82, 2.24) is 4.90 Å². The van der Waals surface area contributed by atoms with Gasteiger partial charge in [-0.1, -0.05) is 0 Å². The van der Waals surface area contributed by atoms with E-state index in [9.17, 15) is 0 Å². The molecule has 1 aromatic carbocycles. The molecule has 0 spiro atoms. The SMILES string of the molecule is Cc1cc(N)c2c(c1N)OC(N(C)C)CS2. The van der Waals surface area contributed by atoms with E-state index in [1.165, 1.54) is 0 Å². The van der Waals surface area contributed by atoms with Gasteiger partial charge in [0.05, 0.1) is 10.6 Å². The summed E-state index contributed by atoms with van der Waals surface area (Å²) in [5.41, 5.74) is 14.4. The quantitative estimate of drug-likeness (QED) is 0.728. The van der Waals surface area contributed by atoms with Crippen LogP contribution < -0.4 is 16.2 Å². The van der Waals surface area contributed by atoms with E-state index in [4.69, 9.17) is 16.2 Å². The second kappa shape index (κ2) is 4.07. The first kappa shape index (κ1) is 11.4. The van der Waals surface area contributed by atoms with E-state index in [0.29, 0.717) is 5.69 Å². The van der Waals surface area contributed by atoms with E-state index >= 15 is 0 Å². The van der Waals surface area contributed by atoms with E-state index in [0.717, 1.165) is 27.6 Å². The van der Waals surface area contributed by atoms with Crippen LogP contribution in [0.3, 0.4) is 0 Å². The smallest absolute Gasteiger partial charge is 0.161 e. The Morgan fingerprint density at radius 1 is 1.44 bits per heavy atom. The van der Waals surface area contributed by atoms with Gasteiger partial charge < -0.3 is 16.2 Å². The van der Waals surface area contributed by atoms with Gasteiger partial charge in [0.25, 0.3) is 0 Å². The Morgan fingerprint density at radius 3 is 2.75 bits per heavy atom. The molecule has 0 aliphatic carbocycles. The van der Waals surface area contributed by atoms with Crippen LogP contribution >= 0.6 is 11.8 Å². The zero-order valence-electron chi connectivity index (χ0n) is 9.78. The lowest BCUT2D eigenvalue weighted by Crippen LogP contribution is -2.37. The molecule has 1 atom stereocenters. The summed E-state index contributed by atoms with van der Waals surface area (Å²) < 4.78 is 5.89. The Labute approximate surface area is 99.9 Å². The molecule has 5 heteroatoms. The van der Waals surface area contributed by atoms with Crippen LogP contribution in [0, 0.1) is 6.92 Å². The molecule has 0 saturated heterocycles. The van der Waals surface area contributed by atoms with Crippen LogP contribution in [0.2, 0.25) is 0 Å². The molecule has 4 N–H and O–H groups in total. The molecular weight excluding hydrogens is 222 g/mol. The zero-order valence-corrected chi connectivity index (χ0v) is 10.6. The van der Waals surface area contributed by atoms with Crippen LogP contribution in [0.25, 0.3) is 0 Å². The molecule has 1 unspecified atom stereocenters. The van der Waals surface area contributed by atoms with Crippen molar-refractivity contribution >= 4 is 23.1 Å². The number of anilines is 2. The summed E-state index contributed by atoms with van der Waals surface area (Å²) >= 11 is 1.70. The summed E-state index contributed by atoms with van der Waals surface area (Å²) in [6.45, 7) is 1.94. The van der Waals surface area contributed by atoms with Crippen molar-refractivity contribution in [2.75, 3.05) is 31.3 Å². The molecule has 0 aromatic heterocycles. The van der Waals surface area contributed by atoms with Gasteiger partial charge in [-0.25, -0.2) is 0 Å². The number of nitrogens with two attached hydrogens (primary N) is 2. The molecule has 1 aromatic rings. The Kier molecular flexibility index (Phi) is 2.90. The third-order valence-electron chi connectivity index (χ3n) is 2.71. The average molecular weight is 239 g/mol. The standard InChI is InChI=1S/C11H17N3OS/c1-6-4-7(12)11-10(9(6)13)15-8(5-16-11)14(2)3/h4,8H,5,12-13H2,1-3H3. The summed E-state index contributed by atoms with van der Waals surface area (Å²) in [6.07, 6.45) is 0.0565. The molecule has 0 saturated carbocycles. The van der Waals surface area contributed by atoms with Crippen LogP contribution in [-0.4, -0.2) is 31.0 Å². The Bertz CT molecular complexity index is 420. The summed E-state index contributed by atoms with van der Waals surface area (Å²) in [7, 11) is 3.98. The van der Waals surface area contributed by atoms with Gasteiger partial charge in [-0.05, 0) is 32.6 Å². The minimum Gasteiger partial charge on any atom is -0.471 e. The van der Waals surface area contributed by atoms with E-state index in [2.05, 4.69) is 0 Å². The molecule has 0 bridgehead atoms. The fourth-order valence-corrected chi connectivity index (χ4v) is 2.84. The van der Waals surface area contributed by atoms with Crippen molar-refractivity contribution < 1.29 is 4.74 Å². The highest BCUT2D eigenvalue weighted by molar-refractivity contribution is 7.99. The van der Waals surface area contributed by atoms with Crippen LogP contribution in [-0.2, 0) is 0 Å². The molecule has 1 heterocycles. The van der Waals surface area contributed by atoms with Gasteiger partial charge in [0.1, 0.15) is 0 Å². The second-order valence-corrected chi connectivity index (χ2v) is 5.23. The maximum atomic E-state index is 6.02. The summed E-state index contributed by atoms with van der Waals surface area (Å²) in [6, 6.07) is 1.90. The van der Waals surface area contributed by atoms with Crippen molar-refractivity contribution in [3.8, 4) is 5.75 Å². The largest absolute Gasteiger partial charge is 0.471 e. The van der Waals surface area contributed by atoms with Crippen molar-refractivity contribution in [3.63, 3.8) is 0 Å². The van der Waals surface area contributed by atoms with Gasteiger partial charge in [-0.15, -0.1) is 11.8 Å². The lowest BCUT2D eigenvalue weighted by molar-refractivity contribution is 0.0804. The lowest BCUT2D eigenvalue weighted by atomic mass is 10.1. The Hall–Kier alpha value is -1.07. The number of rotatable bonds is 1. The van der Waals surface area contributed by atoms with Crippen LogP contribution in [0.1, 0.15) is 5.56 Å². The first-order valence-corrected chi connectivity index (χ1v) is 6.13. The number of aryl methyl sites for hydroxylation is 1. The number of fused-ring (bicyclic) bond motifs is 1. The van der Waals surface area contributed by atoms with E-state index in [1.54, 1.807) is 11.8 Å². The van der Waals surface area contributed by atoms with Crippen LogP contribution in [0.15, 0.2) is 11.0 Å². The van der Waals surface area contributed by atoms with Crippen molar-refractivity contribution in [2.24, 2.45) is 0 Å². The number of thioether (sulfide) groups is 1. The molecule has 4 nitrogen and oxygen atoms in total. The molecular formula is C11H17N3OS. The number of benzene rings is 1. The Balaban J connectivity index is 2.44. The normalized spacial score (nSPS) is 19.4. The maximum Gasteiger partial charge on any atom is 0.161 e. The minimum atomic E-state index is 0.0565. The summed E-state index contributed by atoms with van der Waals surface area (Å²) in [4.78, 5) is 3.01. The molecule has 16 heavy (non-hydrogen) atoms. The molecule has 0 fully saturated rings. The number of ether oxygens (including phenoxy) is 1. The monoisotopic (exact) mass is 239 g/mol. The van der Waals surface area contributed by atoms with Gasteiger partial charge in [0, 0.05) is 11.4 Å². The number of nitrogens with zero attached hydrogens (tertiary/aromatic N) is 1. The molecule has 1 aliphatic rings. The van der Waals surface area contributed by atoms with E-state index in [-0.39, 0.29) is 6.23 Å². The maximum absolute atomic E-state index is 6.02. The highest BCUT2D eigenvalue weighted by Crippen LogP contribution is 2.45. The lowest BCUT2D eigenvalue weighted by Gasteiger charge is -2.31. The summed E-state index contributed by atoms with van der Waals surface area (Å²) in [5, 5.41) is 0. The molecule has 88 valence electrons. The van der Waals surface area contributed by atoms with Gasteiger partial charge >= 0.3 is 0 Å². The van der Waals surface area contributed by atoms with Crippen LogP contribution in [0.4, 0.5) is 11.4 Å². The summed E-state index contributed by atoms with van der Waals surface area (Å²) in [5.74, 6) is 1.61. The number of hydrogen-bond acceptors (Lipinski definition) is 5. The van der Waals surface area contributed by atoms with Crippen molar-refractivity contribution in [2.45, 2.75) is 18.0 Å². The zero-order chi connectivity index (χ0) is 11.9. The number of nitrogen functional groups attached to an aromatic ring is 2. The number of hydrogen-bond donors (Lipinski definition) is 2. The third kappa shape index (κ3) is 1.81. The fraction of sp³-hybridized carbons (Fsp3) is 0.455.